The van der Waals surface area contributed by atoms with Crippen LogP contribution in [0.3, 0.4) is 0 Å². The lowest BCUT2D eigenvalue weighted by molar-refractivity contribution is 0.0583. The lowest BCUT2D eigenvalue weighted by Gasteiger charge is -2.30. The predicted molar refractivity (Wildman–Crippen MR) is 78.6 cm³/mol. The summed E-state index contributed by atoms with van der Waals surface area (Å²) in [5.74, 6) is -2.80. The van der Waals surface area contributed by atoms with Crippen LogP contribution in [0.25, 0.3) is 0 Å². The van der Waals surface area contributed by atoms with Gasteiger partial charge in [-0.25, -0.2) is 13.2 Å². The molecule has 0 saturated carbocycles. The van der Waals surface area contributed by atoms with Crippen molar-refractivity contribution in [3.8, 4) is 0 Å². The minimum atomic E-state index is -1.14. The summed E-state index contributed by atoms with van der Waals surface area (Å²) >= 11 is 0. The van der Waals surface area contributed by atoms with Gasteiger partial charge in [0.2, 0.25) is 10.5 Å². The maximum absolute atomic E-state index is 13.5. The molecule has 0 N–H and O–H groups in total. The summed E-state index contributed by atoms with van der Waals surface area (Å²) in [7, 11) is 3.15. The van der Waals surface area contributed by atoms with Gasteiger partial charge in [0.15, 0.2) is 11.6 Å². The Labute approximate surface area is 128 Å². The third-order valence-corrected chi connectivity index (χ3v) is 4.61. The van der Waals surface area contributed by atoms with E-state index >= 15 is 0 Å². The molecule has 0 aliphatic heterocycles. The third kappa shape index (κ3) is 5.15. The van der Waals surface area contributed by atoms with Crippen molar-refractivity contribution in [2.75, 3.05) is 0 Å². The number of aryl methyl sites for hydroxylation is 1. The molecule has 0 heterocycles. The molecule has 0 unspecified atom stereocenters. The van der Waals surface area contributed by atoms with Gasteiger partial charge in [0.1, 0.15) is 5.82 Å². The molecule has 1 aromatic carbocycles. The fraction of sp³-hybridized carbons (Fsp3) is 0.625. The van der Waals surface area contributed by atoms with Crippen LogP contribution in [-0.2, 0) is 10.8 Å². The van der Waals surface area contributed by atoms with E-state index in [1.165, 1.54) is 0 Å². The van der Waals surface area contributed by atoms with E-state index in [4.69, 9.17) is 4.43 Å². The Kier molecular flexibility index (Phi) is 7.46. The van der Waals surface area contributed by atoms with Crippen LogP contribution in [0.1, 0.15) is 57.9 Å². The zero-order chi connectivity index (χ0) is 15.9. The van der Waals surface area contributed by atoms with Gasteiger partial charge in [-0.1, -0.05) is 26.7 Å². The summed E-state index contributed by atoms with van der Waals surface area (Å²) in [6.45, 7) is 4.17. The number of unbranched alkanes of at least 4 members (excludes halogenated alkanes) is 2. The quantitative estimate of drug-likeness (QED) is 0.359. The molecule has 21 heavy (non-hydrogen) atoms. The normalized spacial score (nSPS) is 11.9. The van der Waals surface area contributed by atoms with Crippen molar-refractivity contribution < 1.29 is 17.6 Å². The summed E-state index contributed by atoms with van der Waals surface area (Å²) in [4.78, 5) is 0. The van der Waals surface area contributed by atoms with Crippen LogP contribution in [0.4, 0.5) is 13.2 Å². The molecule has 0 fully saturated rings. The third-order valence-electron chi connectivity index (χ3n) is 4.17. The van der Waals surface area contributed by atoms with E-state index in [0.29, 0.717) is 12.5 Å². The monoisotopic (exact) mass is 315 g/mol. The van der Waals surface area contributed by atoms with E-state index in [9.17, 15) is 13.2 Å². The molecule has 0 atom stereocenters. The van der Waals surface area contributed by atoms with Gasteiger partial charge in [-0.15, -0.1) is 0 Å². The van der Waals surface area contributed by atoms with Crippen molar-refractivity contribution in [1.82, 2.24) is 0 Å². The highest BCUT2D eigenvalue weighted by atomic mass is 28.2. The van der Waals surface area contributed by atoms with Gasteiger partial charge in [0.25, 0.3) is 0 Å². The molecule has 0 aliphatic rings. The van der Waals surface area contributed by atoms with Crippen LogP contribution in [0, 0.1) is 17.5 Å². The minimum Gasteiger partial charge on any atom is -0.413 e. The standard InChI is InChI=1S/C16H22F3OSi/c1-3-16(4-2,20-21)9-7-5-6-8-12-10-14(18)15(19)11-13(12)17/h10-11H,3-9H2,1-2H3. The van der Waals surface area contributed by atoms with Crippen molar-refractivity contribution in [3.63, 3.8) is 0 Å². The van der Waals surface area contributed by atoms with Crippen LogP contribution in [0.15, 0.2) is 12.1 Å². The zero-order valence-electron chi connectivity index (χ0n) is 12.6. The van der Waals surface area contributed by atoms with Crippen molar-refractivity contribution in [3.05, 3.63) is 35.1 Å². The molecular weight excluding hydrogens is 293 g/mol. The zero-order valence-corrected chi connectivity index (χ0v) is 13.6. The number of hydrogen-bond acceptors (Lipinski definition) is 1. The second-order valence-electron chi connectivity index (χ2n) is 5.41. The fourth-order valence-electron chi connectivity index (χ4n) is 2.49. The molecule has 0 aromatic heterocycles. The molecule has 0 saturated heterocycles. The minimum absolute atomic E-state index is 0.149. The molecule has 5 heteroatoms. The molecule has 0 bridgehead atoms. The van der Waals surface area contributed by atoms with Gasteiger partial charge in [0, 0.05) is 6.07 Å². The highest BCUT2D eigenvalue weighted by Gasteiger charge is 2.23. The van der Waals surface area contributed by atoms with Crippen LogP contribution in [0.5, 0.6) is 0 Å². The lowest BCUT2D eigenvalue weighted by Crippen LogP contribution is -2.30. The Morgan fingerprint density at radius 3 is 2.14 bits per heavy atom. The highest BCUT2D eigenvalue weighted by Crippen LogP contribution is 2.26. The summed E-state index contributed by atoms with van der Waals surface area (Å²) in [6, 6.07) is 1.57. The van der Waals surface area contributed by atoms with Gasteiger partial charge in [-0.3, -0.25) is 0 Å². The Hall–Kier alpha value is -0.813. The second-order valence-corrected chi connectivity index (χ2v) is 5.61. The summed E-state index contributed by atoms with van der Waals surface area (Å²) < 4.78 is 44.7. The van der Waals surface area contributed by atoms with Crippen molar-refractivity contribution in [2.24, 2.45) is 0 Å². The molecular formula is C16H22F3OSi. The Morgan fingerprint density at radius 1 is 0.952 bits per heavy atom. The van der Waals surface area contributed by atoms with Crippen LogP contribution in [0.2, 0.25) is 0 Å². The number of halogens is 3. The Bertz CT molecular complexity index is 439. The van der Waals surface area contributed by atoms with E-state index in [1.807, 2.05) is 0 Å². The highest BCUT2D eigenvalue weighted by molar-refractivity contribution is 5.98. The average molecular weight is 315 g/mol. The first-order valence-corrected chi connectivity index (χ1v) is 7.87. The molecule has 117 valence electrons. The maximum Gasteiger partial charge on any atom is 0.247 e. The number of hydrogen-bond donors (Lipinski definition) is 0. The van der Waals surface area contributed by atoms with Gasteiger partial charge >= 0.3 is 0 Å². The first-order valence-electron chi connectivity index (χ1n) is 7.46. The first kappa shape index (κ1) is 18.2. The molecule has 0 aliphatic carbocycles. The summed E-state index contributed by atoms with van der Waals surface area (Å²) in [6.07, 6.45) is 5.78. The second kappa shape index (κ2) is 8.59. The van der Waals surface area contributed by atoms with E-state index in [-0.39, 0.29) is 11.2 Å². The number of rotatable bonds is 9. The van der Waals surface area contributed by atoms with Crippen LogP contribution in [-0.4, -0.2) is 16.1 Å². The molecule has 1 aromatic rings. The summed E-state index contributed by atoms with van der Waals surface area (Å²) in [5.41, 5.74) is 0.0898. The van der Waals surface area contributed by atoms with Crippen LogP contribution < -0.4 is 0 Å². The maximum atomic E-state index is 13.5. The Balaban J connectivity index is 2.40. The van der Waals surface area contributed by atoms with Crippen molar-refractivity contribution in [2.45, 2.75) is 64.4 Å². The SMILES string of the molecule is CCC(CC)(CCCCCc1cc(F)c(F)cc1F)O[Si]. The molecule has 1 rings (SSSR count). The lowest BCUT2D eigenvalue weighted by atomic mass is 9.90. The molecule has 1 nitrogen and oxygen atoms in total. The van der Waals surface area contributed by atoms with E-state index in [0.717, 1.165) is 44.6 Å². The first-order chi connectivity index (χ1) is 9.98. The van der Waals surface area contributed by atoms with E-state index in [1.54, 1.807) is 0 Å². The topological polar surface area (TPSA) is 9.23 Å². The van der Waals surface area contributed by atoms with E-state index < -0.39 is 17.5 Å². The van der Waals surface area contributed by atoms with Gasteiger partial charge in [-0.2, -0.15) is 0 Å². The van der Waals surface area contributed by atoms with E-state index in [2.05, 4.69) is 24.3 Å². The van der Waals surface area contributed by atoms with Crippen LogP contribution >= 0.6 is 0 Å². The molecule has 0 amide bonds. The number of benzene rings is 1. The van der Waals surface area contributed by atoms with Crippen molar-refractivity contribution in [1.29, 1.82) is 0 Å². The fourth-order valence-corrected chi connectivity index (χ4v) is 2.88. The van der Waals surface area contributed by atoms with Gasteiger partial charge in [0.05, 0.1) is 5.60 Å². The van der Waals surface area contributed by atoms with Gasteiger partial charge in [-0.05, 0) is 43.7 Å². The van der Waals surface area contributed by atoms with Crippen molar-refractivity contribution >= 4 is 10.5 Å². The average Bonchev–Trinajstić information content (AvgIpc) is 2.48. The smallest absolute Gasteiger partial charge is 0.247 e. The largest absolute Gasteiger partial charge is 0.413 e. The van der Waals surface area contributed by atoms with Gasteiger partial charge < -0.3 is 4.43 Å². The summed E-state index contributed by atoms with van der Waals surface area (Å²) in [5, 5.41) is 0. The molecule has 0 spiro atoms. The Morgan fingerprint density at radius 2 is 1.57 bits per heavy atom. The molecule has 3 radical (unpaired) electrons. The predicted octanol–water partition coefficient (Wildman–Crippen LogP) is 4.87.